The van der Waals surface area contributed by atoms with E-state index in [0.29, 0.717) is 5.92 Å². The minimum atomic E-state index is -0.0579. The molecule has 2 unspecified atom stereocenters. The van der Waals surface area contributed by atoms with E-state index in [-0.39, 0.29) is 17.3 Å². The molecule has 0 aliphatic heterocycles. The molecule has 0 amide bonds. The van der Waals surface area contributed by atoms with Gasteiger partial charge in [-0.3, -0.25) is 4.79 Å². The molecule has 0 N–H and O–H groups in total. The number of carbonyl (C=O) groups is 1. The molecule has 0 saturated heterocycles. The lowest BCUT2D eigenvalue weighted by atomic mass is 10.1. The van der Waals surface area contributed by atoms with Crippen molar-refractivity contribution in [2.45, 2.75) is 20.8 Å². The molecule has 1 saturated carbocycles. The summed E-state index contributed by atoms with van der Waals surface area (Å²) in [5.41, 5.74) is 0.174. The van der Waals surface area contributed by atoms with E-state index >= 15 is 0 Å². The Hall–Kier alpha value is -0.530. The average molecular weight is 142 g/mol. The fourth-order valence-corrected chi connectivity index (χ4v) is 1.53. The normalized spacial score (nSPS) is 35.2. The van der Waals surface area contributed by atoms with Gasteiger partial charge >= 0.3 is 5.97 Å². The van der Waals surface area contributed by atoms with Crippen LogP contribution in [0.4, 0.5) is 0 Å². The zero-order valence-electron chi connectivity index (χ0n) is 6.97. The minimum absolute atomic E-state index is 0.0579. The van der Waals surface area contributed by atoms with Crippen LogP contribution in [-0.4, -0.2) is 13.1 Å². The monoisotopic (exact) mass is 142 g/mol. The molecule has 1 aliphatic rings. The number of esters is 1. The Kier molecular flexibility index (Phi) is 1.50. The van der Waals surface area contributed by atoms with Crippen LogP contribution >= 0.6 is 0 Å². The fraction of sp³-hybridized carbons (Fsp3) is 0.875. The molecule has 10 heavy (non-hydrogen) atoms. The Morgan fingerprint density at radius 3 is 2.00 bits per heavy atom. The van der Waals surface area contributed by atoms with E-state index < -0.39 is 0 Å². The number of rotatable bonds is 1. The van der Waals surface area contributed by atoms with Crippen molar-refractivity contribution < 1.29 is 9.53 Å². The van der Waals surface area contributed by atoms with Crippen LogP contribution in [0.25, 0.3) is 0 Å². The van der Waals surface area contributed by atoms with Crippen molar-refractivity contribution in [1.82, 2.24) is 0 Å². The smallest absolute Gasteiger partial charge is 0.309 e. The third-order valence-electron chi connectivity index (χ3n) is 2.82. The second-order valence-electron chi connectivity index (χ2n) is 3.61. The molecular formula is C8H14O2. The standard InChI is InChI=1S/C8H14O2/c1-5-6(7(9)10-4)8(5,2)3/h5-6H,1-4H3. The average Bonchev–Trinajstić information content (AvgIpc) is 2.33. The number of hydrogen-bond acceptors (Lipinski definition) is 2. The molecule has 2 nitrogen and oxygen atoms in total. The van der Waals surface area contributed by atoms with Gasteiger partial charge < -0.3 is 4.74 Å². The Bertz CT molecular complexity index is 161. The summed E-state index contributed by atoms with van der Waals surface area (Å²) >= 11 is 0. The predicted molar refractivity (Wildman–Crippen MR) is 38.5 cm³/mol. The summed E-state index contributed by atoms with van der Waals surface area (Å²) in [6.07, 6.45) is 0. The third kappa shape index (κ3) is 0.825. The Labute approximate surface area is 61.6 Å². The van der Waals surface area contributed by atoms with Crippen molar-refractivity contribution in [1.29, 1.82) is 0 Å². The fourth-order valence-electron chi connectivity index (χ4n) is 1.53. The Morgan fingerprint density at radius 2 is 1.90 bits per heavy atom. The SMILES string of the molecule is COC(=O)C1C(C)C1(C)C. The molecule has 0 radical (unpaired) electrons. The topological polar surface area (TPSA) is 26.3 Å². The Morgan fingerprint density at radius 1 is 1.50 bits per heavy atom. The second-order valence-corrected chi connectivity index (χ2v) is 3.61. The van der Waals surface area contributed by atoms with Crippen molar-refractivity contribution in [3.05, 3.63) is 0 Å². The highest BCUT2D eigenvalue weighted by atomic mass is 16.5. The molecule has 0 aromatic heterocycles. The summed E-state index contributed by atoms with van der Waals surface area (Å²) in [4.78, 5) is 11.0. The minimum Gasteiger partial charge on any atom is -0.469 e. The molecule has 0 heterocycles. The number of ether oxygens (including phenoxy) is 1. The van der Waals surface area contributed by atoms with Gasteiger partial charge in [0, 0.05) is 0 Å². The maximum absolute atomic E-state index is 11.0. The van der Waals surface area contributed by atoms with E-state index in [1.54, 1.807) is 0 Å². The number of hydrogen-bond donors (Lipinski definition) is 0. The molecule has 58 valence electrons. The van der Waals surface area contributed by atoms with Crippen LogP contribution in [0.15, 0.2) is 0 Å². The van der Waals surface area contributed by atoms with Gasteiger partial charge in [0.05, 0.1) is 13.0 Å². The van der Waals surface area contributed by atoms with Gasteiger partial charge in [-0.05, 0) is 11.3 Å². The van der Waals surface area contributed by atoms with Crippen LogP contribution < -0.4 is 0 Å². The van der Waals surface area contributed by atoms with Gasteiger partial charge in [-0.25, -0.2) is 0 Å². The first-order chi connectivity index (χ1) is 4.51. The third-order valence-corrected chi connectivity index (χ3v) is 2.82. The van der Waals surface area contributed by atoms with E-state index in [4.69, 9.17) is 0 Å². The Balaban J connectivity index is 2.57. The van der Waals surface area contributed by atoms with Gasteiger partial charge in [-0.1, -0.05) is 20.8 Å². The van der Waals surface area contributed by atoms with Crippen LogP contribution in [0.5, 0.6) is 0 Å². The van der Waals surface area contributed by atoms with Crippen LogP contribution in [0.2, 0.25) is 0 Å². The second kappa shape index (κ2) is 1.97. The maximum Gasteiger partial charge on any atom is 0.309 e. The summed E-state index contributed by atoms with van der Waals surface area (Å²) in [6, 6.07) is 0. The van der Waals surface area contributed by atoms with Crippen LogP contribution in [-0.2, 0) is 9.53 Å². The quantitative estimate of drug-likeness (QED) is 0.518. The highest BCUT2D eigenvalue weighted by molar-refractivity contribution is 5.77. The van der Waals surface area contributed by atoms with Gasteiger partial charge in [-0.2, -0.15) is 0 Å². The highest BCUT2D eigenvalue weighted by Gasteiger charge is 2.59. The van der Waals surface area contributed by atoms with Gasteiger partial charge in [0.1, 0.15) is 0 Å². The summed E-state index contributed by atoms with van der Waals surface area (Å²) in [6.45, 7) is 6.28. The maximum atomic E-state index is 11.0. The van der Waals surface area contributed by atoms with E-state index in [9.17, 15) is 4.79 Å². The van der Waals surface area contributed by atoms with E-state index in [1.165, 1.54) is 7.11 Å². The van der Waals surface area contributed by atoms with Crippen molar-refractivity contribution >= 4 is 5.97 Å². The summed E-state index contributed by atoms with van der Waals surface area (Å²) in [7, 11) is 1.45. The van der Waals surface area contributed by atoms with E-state index in [2.05, 4.69) is 25.5 Å². The zero-order chi connectivity index (χ0) is 7.94. The lowest BCUT2D eigenvalue weighted by molar-refractivity contribution is -0.143. The lowest BCUT2D eigenvalue weighted by Gasteiger charge is -1.99. The molecule has 2 heteroatoms. The summed E-state index contributed by atoms with van der Waals surface area (Å²) < 4.78 is 4.64. The molecular weight excluding hydrogens is 128 g/mol. The van der Waals surface area contributed by atoms with Crippen LogP contribution in [0.1, 0.15) is 20.8 Å². The first-order valence-corrected chi connectivity index (χ1v) is 3.59. The van der Waals surface area contributed by atoms with Crippen molar-refractivity contribution in [3.8, 4) is 0 Å². The van der Waals surface area contributed by atoms with Crippen molar-refractivity contribution in [3.63, 3.8) is 0 Å². The highest BCUT2D eigenvalue weighted by Crippen LogP contribution is 2.58. The van der Waals surface area contributed by atoms with Gasteiger partial charge in [0.25, 0.3) is 0 Å². The molecule has 1 rings (SSSR count). The summed E-state index contributed by atoms with van der Waals surface area (Å²) in [5.74, 6) is 0.565. The molecule has 0 aromatic carbocycles. The van der Waals surface area contributed by atoms with Crippen molar-refractivity contribution in [2.24, 2.45) is 17.3 Å². The van der Waals surface area contributed by atoms with Gasteiger partial charge in [0.2, 0.25) is 0 Å². The van der Waals surface area contributed by atoms with Gasteiger partial charge in [-0.15, -0.1) is 0 Å². The van der Waals surface area contributed by atoms with Crippen molar-refractivity contribution in [2.75, 3.05) is 7.11 Å². The lowest BCUT2D eigenvalue weighted by Crippen LogP contribution is -2.07. The first kappa shape index (κ1) is 7.58. The molecule has 2 atom stereocenters. The van der Waals surface area contributed by atoms with Crippen LogP contribution in [0, 0.1) is 17.3 Å². The number of carbonyl (C=O) groups excluding carboxylic acids is 1. The number of methoxy groups -OCH3 is 1. The molecule has 0 aromatic rings. The molecule has 0 spiro atoms. The van der Waals surface area contributed by atoms with E-state index in [1.807, 2.05) is 0 Å². The predicted octanol–water partition coefficient (Wildman–Crippen LogP) is 1.45. The zero-order valence-corrected chi connectivity index (χ0v) is 6.97. The first-order valence-electron chi connectivity index (χ1n) is 3.59. The van der Waals surface area contributed by atoms with Gasteiger partial charge in [0.15, 0.2) is 0 Å². The largest absolute Gasteiger partial charge is 0.469 e. The van der Waals surface area contributed by atoms with E-state index in [0.717, 1.165) is 0 Å². The summed E-state index contributed by atoms with van der Waals surface area (Å²) in [5, 5.41) is 0. The molecule has 0 bridgehead atoms. The molecule has 1 aliphatic carbocycles. The van der Waals surface area contributed by atoms with Crippen LogP contribution in [0.3, 0.4) is 0 Å². The molecule has 1 fully saturated rings.